The zero-order chi connectivity index (χ0) is 19.8. The molecular weight excluding hydrogens is 374 g/mol. The summed E-state index contributed by atoms with van der Waals surface area (Å²) in [6, 6.07) is 21.0. The summed E-state index contributed by atoms with van der Waals surface area (Å²) in [4.78, 5) is 0.822. The van der Waals surface area contributed by atoms with Crippen molar-refractivity contribution in [1.82, 2.24) is 4.72 Å². The van der Waals surface area contributed by atoms with E-state index in [1.54, 1.807) is 16.7 Å². The minimum Gasteiger partial charge on any atom is -0.248 e. The van der Waals surface area contributed by atoms with Crippen molar-refractivity contribution in [2.45, 2.75) is 49.3 Å². The summed E-state index contributed by atoms with van der Waals surface area (Å²) in [6.45, 7) is 0.753. The van der Waals surface area contributed by atoms with Crippen LogP contribution in [0.3, 0.4) is 0 Å². The lowest BCUT2D eigenvalue weighted by Crippen LogP contribution is -2.26. The third-order valence-electron chi connectivity index (χ3n) is 6.93. The molecule has 0 aliphatic heterocycles. The molecule has 3 aromatic carbocycles. The minimum absolute atomic E-state index is 0.747. The molecule has 0 spiro atoms. The molecule has 3 atom stereocenters. The third kappa shape index (κ3) is 3.51. The van der Waals surface area contributed by atoms with Crippen LogP contribution in [0, 0.1) is 5.92 Å². The average Bonchev–Trinajstić information content (AvgIpc) is 3.18. The van der Waals surface area contributed by atoms with Crippen LogP contribution in [0.15, 0.2) is 65.6 Å². The summed E-state index contributed by atoms with van der Waals surface area (Å²) in [5, 5.41) is 2.14. The van der Waals surface area contributed by atoms with Gasteiger partial charge < -0.3 is 0 Å². The van der Waals surface area contributed by atoms with Crippen molar-refractivity contribution in [2.24, 2.45) is 5.92 Å². The van der Waals surface area contributed by atoms with Crippen molar-refractivity contribution in [3.8, 4) is 0 Å². The molecule has 150 valence electrons. The number of aryl methyl sites for hydroxylation is 2. The van der Waals surface area contributed by atoms with Crippen LogP contribution in [0.4, 0.5) is 0 Å². The van der Waals surface area contributed by atoms with Gasteiger partial charge in [-0.05, 0) is 89.8 Å². The van der Waals surface area contributed by atoms with Crippen LogP contribution < -0.4 is 4.72 Å². The van der Waals surface area contributed by atoms with Crippen molar-refractivity contribution in [3.05, 3.63) is 77.4 Å². The second-order valence-electron chi connectivity index (χ2n) is 8.62. The van der Waals surface area contributed by atoms with Crippen LogP contribution in [-0.2, 0) is 22.5 Å². The molecule has 0 fully saturated rings. The molecule has 0 amide bonds. The van der Waals surface area contributed by atoms with Gasteiger partial charge in [0.2, 0.25) is 0 Å². The standard InChI is InChI=1S/C26H29NOS/c1-29(28,25-13-5-8-19-7-2-3-12-23(19)25)27-18-6-11-20-14-15-21-9-4-10-22-16-17-24(20)26(21)22/h2-5,7-10,12-13,20,24H,1,6,11,14-18H2,(H,27,28). The molecule has 0 radical (unpaired) electrons. The van der Waals surface area contributed by atoms with E-state index in [0.717, 1.165) is 40.5 Å². The van der Waals surface area contributed by atoms with Crippen molar-refractivity contribution in [2.75, 3.05) is 6.54 Å². The SMILES string of the molecule is C=S(=O)(NCCCC1CCc2cccc3c2C1CC3)c1cccc2ccccc12. The molecule has 3 heteroatoms. The molecule has 29 heavy (non-hydrogen) atoms. The van der Waals surface area contributed by atoms with E-state index in [1.165, 1.54) is 32.1 Å². The Morgan fingerprint density at radius 1 is 0.931 bits per heavy atom. The Morgan fingerprint density at radius 3 is 2.52 bits per heavy atom. The fraction of sp³-hybridized carbons (Fsp3) is 0.346. The summed E-state index contributed by atoms with van der Waals surface area (Å²) >= 11 is 0. The lowest BCUT2D eigenvalue weighted by atomic mass is 9.74. The normalized spacial score (nSPS) is 22.3. The van der Waals surface area contributed by atoms with Gasteiger partial charge in [0.1, 0.15) is 0 Å². The fourth-order valence-corrected chi connectivity index (χ4v) is 7.02. The van der Waals surface area contributed by atoms with E-state index in [0.29, 0.717) is 0 Å². The summed E-state index contributed by atoms with van der Waals surface area (Å²) in [7, 11) is -2.50. The maximum atomic E-state index is 13.3. The molecule has 0 saturated carbocycles. The van der Waals surface area contributed by atoms with E-state index < -0.39 is 9.71 Å². The number of hydrogen-bond donors (Lipinski definition) is 1. The highest BCUT2D eigenvalue weighted by Crippen LogP contribution is 2.47. The zero-order valence-electron chi connectivity index (χ0n) is 16.9. The molecule has 0 aromatic heterocycles. The van der Waals surface area contributed by atoms with Crippen LogP contribution in [0.1, 0.15) is 48.3 Å². The zero-order valence-corrected chi connectivity index (χ0v) is 17.7. The monoisotopic (exact) mass is 403 g/mol. The van der Waals surface area contributed by atoms with Gasteiger partial charge in [-0.1, -0.05) is 54.6 Å². The predicted octanol–water partition coefficient (Wildman–Crippen LogP) is 5.49. The van der Waals surface area contributed by atoms with E-state index in [1.807, 2.05) is 30.3 Å². The van der Waals surface area contributed by atoms with E-state index in [-0.39, 0.29) is 0 Å². The number of hydrogen-bond acceptors (Lipinski definition) is 1. The van der Waals surface area contributed by atoms with Crippen molar-refractivity contribution in [1.29, 1.82) is 0 Å². The van der Waals surface area contributed by atoms with Crippen LogP contribution in [0.25, 0.3) is 10.8 Å². The summed E-state index contributed by atoms with van der Waals surface area (Å²) in [5.74, 6) is 5.58. The molecule has 0 heterocycles. The Morgan fingerprint density at radius 2 is 1.66 bits per heavy atom. The Balaban J connectivity index is 1.23. The van der Waals surface area contributed by atoms with E-state index in [9.17, 15) is 4.21 Å². The lowest BCUT2D eigenvalue weighted by Gasteiger charge is -2.31. The molecule has 5 rings (SSSR count). The van der Waals surface area contributed by atoms with Gasteiger partial charge in [0.15, 0.2) is 0 Å². The van der Waals surface area contributed by atoms with E-state index in [2.05, 4.69) is 40.9 Å². The molecule has 2 aliphatic rings. The second kappa shape index (κ2) is 7.62. The summed E-state index contributed by atoms with van der Waals surface area (Å²) < 4.78 is 16.6. The van der Waals surface area contributed by atoms with Gasteiger partial charge in [0.25, 0.3) is 0 Å². The van der Waals surface area contributed by atoms with E-state index >= 15 is 0 Å². The van der Waals surface area contributed by atoms with Gasteiger partial charge in [-0.25, -0.2) is 8.93 Å². The smallest absolute Gasteiger partial charge is 0.0539 e. The van der Waals surface area contributed by atoms with Gasteiger partial charge in [-0.3, -0.25) is 0 Å². The van der Waals surface area contributed by atoms with Crippen molar-refractivity contribution < 1.29 is 4.21 Å². The third-order valence-corrected chi connectivity index (χ3v) is 8.66. The van der Waals surface area contributed by atoms with Crippen molar-refractivity contribution >= 4 is 26.4 Å². The first-order valence-corrected chi connectivity index (χ1v) is 12.6. The van der Waals surface area contributed by atoms with Crippen LogP contribution >= 0.6 is 0 Å². The van der Waals surface area contributed by atoms with Gasteiger partial charge in [0, 0.05) is 6.54 Å². The first-order chi connectivity index (χ1) is 14.1. The molecule has 2 nitrogen and oxygen atoms in total. The Kier molecular flexibility index (Phi) is 4.97. The maximum Gasteiger partial charge on any atom is 0.0539 e. The molecule has 0 saturated heterocycles. The van der Waals surface area contributed by atoms with Crippen molar-refractivity contribution in [3.63, 3.8) is 0 Å². The number of nitrogens with one attached hydrogen (secondary N) is 1. The highest BCUT2D eigenvalue weighted by Gasteiger charge is 2.34. The van der Waals surface area contributed by atoms with Gasteiger partial charge in [-0.2, -0.15) is 0 Å². The second-order valence-corrected chi connectivity index (χ2v) is 10.7. The first-order valence-electron chi connectivity index (χ1n) is 10.8. The summed E-state index contributed by atoms with van der Waals surface area (Å²) in [6.07, 6.45) is 7.33. The van der Waals surface area contributed by atoms with Gasteiger partial charge in [-0.15, -0.1) is 0 Å². The molecular formula is C26H29NOS. The van der Waals surface area contributed by atoms with Crippen LogP contribution in [0.2, 0.25) is 0 Å². The fourth-order valence-electron chi connectivity index (χ4n) is 5.56. The molecule has 0 bridgehead atoms. The first kappa shape index (κ1) is 18.9. The largest absolute Gasteiger partial charge is 0.248 e. The Hall–Kier alpha value is -2.10. The number of rotatable bonds is 6. The molecule has 3 aromatic rings. The van der Waals surface area contributed by atoms with Crippen LogP contribution in [-0.4, -0.2) is 16.6 Å². The molecule has 1 N–H and O–H groups in total. The quantitative estimate of drug-likeness (QED) is 0.428. The highest BCUT2D eigenvalue weighted by molar-refractivity contribution is 7.98. The molecule has 2 aliphatic carbocycles. The van der Waals surface area contributed by atoms with Gasteiger partial charge in [0.05, 0.1) is 14.6 Å². The Bertz CT molecular complexity index is 1140. The van der Waals surface area contributed by atoms with E-state index in [4.69, 9.17) is 0 Å². The topological polar surface area (TPSA) is 29.1 Å². The predicted molar refractivity (Wildman–Crippen MR) is 124 cm³/mol. The van der Waals surface area contributed by atoms with Crippen LogP contribution in [0.5, 0.6) is 0 Å². The molecule has 3 unspecified atom stereocenters. The highest BCUT2D eigenvalue weighted by atomic mass is 32.2. The minimum atomic E-state index is -2.50. The maximum absolute atomic E-state index is 13.3. The Labute approximate surface area is 174 Å². The number of fused-ring (bicyclic) bond motifs is 1. The average molecular weight is 404 g/mol. The lowest BCUT2D eigenvalue weighted by molar-refractivity contribution is 0.342. The van der Waals surface area contributed by atoms with Gasteiger partial charge >= 0.3 is 0 Å². The summed E-state index contributed by atoms with van der Waals surface area (Å²) in [5.41, 5.74) is 4.86. The number of benzene rings is 3.